The van der Waals surface area contributed by atoms with Gasteiger partial charge >= 0.3 is 5.97 Å². The maximum atomic E-state index is 12.3. The van der Waals surface area contributed by atoms with E-state index in [1.807, 2.05) is 24.3 Å². The van der Waals surface area contributed by atoms with Gasteiger partial charge in [-0.3, -0.25) is 0 Å². The fourth-order valence-electron chi connectivity index (χ4n) is 2.65. The molecule has 3 rings (SSSR count). The second-order valence-corrected chi connectivity index (χ2v) is 6.28. The lowest BCUT2D eigenvalue weighted by Gasteiger charge is -2.08. The SMILES string of the molecule is COc1ccccc1/C(C#N)=C\c1cccc(OC(=O)c2cccc(Cl)c2)c1. The molecule has 0 unspecified atom stereocenters. The number of para-hydroxylation sites is 1. The number of allylic oxidation sites excluding steroid dienone is 1. The molecule has 0 heterocycles. The molecule has 138 valence electrons. The van der Waals surface area contributed by atoms with Crippen molar-refractivity contribution in [3.8, 4) is 17.6 Å². The van der Waals surface area contributed by atoms with Gasteiger partial charge in [0.05, 0.1) is 24.3 Å². The van der Waals surface area contributed by atoms with Gasteiger partial charge in [0.2, 0.25) is 0 Å². The van der Waals surface area contributed by atoms with Crippen LogP contribution in [0.3, 0.4) is 0 Å². The third-order valence-corrected chi connectivity index (χ3v) is 4.19. The van der Waals surface area contributed by atoms with E-state index in [0.29, 0.717) is 33.2 Å². The first-order chi connectivity index (χ1) is 13.6. The van der Waals surface area contributed by atoms with Crippen LogP contribution in [0.5, 0.6) is 11.5 Å². The van der Waals surface area contributed by atoms with E-state index in [4.69, 9.17) is 21.1 Å². The van der Waals surface area contributed by atoms with Crippen LogP contribution in [-0.4, -0.2) is 13.1 Å². The van der Waals surface area contributed by atoms with Crippen molar-refractivity contribution in [2.75, 3.05) is 7.11 Å². The molecule has 0 bridgehead atoms. The fourth-order valence-corrected chi connectivity index (χ4v) is 2.84. The zero-order valence-corrected chi connectivity index (χ0v) is 15.8. The molecular weight excluding hydrogens is 374 g/mol. The Labute approximate surface area is 168 Å². The van der Waals surface area contributed by atoms with Crippen LogP contribution >= 0.6 is 11.6 Å². The fraction of sp³-hybridized carbons (Fsp3) is 0.0435. The highest BCUT2D eigenvalue weighted by atomic mass is 35.5. The molecule has 3 aromatic rings. The Bertz CT molecular complexity index is 1080. The second-order valence-electron chi connectivity index (χ2n) is 5.84. The number of carbonyl (C=O) groups is 1. The first kappa shape index (κ1) is 19.2. The average Bonchev–Trinajstić information content (AvgIpc) is 2.72. The number of nitriles is 1. The van der Waals surface area contributed by atoms with Gasteiger partial charge in [0.25, 0.3) is 0 Å². The minimum atomic E-state index is -0.506. The Morgan fingerprint density at radius 2 is 1.82 bits per heavy atom. The van der Waals surface area contributed by atoms with Crippen LogP contribution in [0.4, 0.5) is 0 Å². The minimum absolute atomic E-state index is 0.361. The molecule has 0 N–H and O–H groups in total. The van der Waals surface area contributed by atoms with Gasteiger partial charge in [-0.25, -0.2) is 4.79 Å². The van der Waals surface area contributed by atoms with Crippen LogP contribution in [0.15, 0.2) is 72.8 Å². The highest BCUT2D eigenvalue weighted by Crippen LogP contribution is 2.28. The number of hydrogen-bond acceptors (Lipinski definition) is 4. The van der Waals surface area contributed by atoms with E-state index in [2.05, 4.69) is 6.07 Å². The number of halogens is 1. The third-order valence-electron chi connectivity index (χ3n) is 3.96. The van der Waals surface area contributed by atoms with Gasteiger partial charge < -0.3 is 9.47 Å². The monoisotopic (exact) mass is 389 g/mol. The zero-order valence-electron chi connectivity index (χ0n) is 15.1. The molecule has 0 aliphatic heterocycles. The smallest absolute Gasteiger partial charge is 0.343 e. The van der Waals surface area contributed by atoms with E-state index in [9.17, 15) is 10.1 Å². The summed E-state index contributed by atoms with van der Waals surface area (Å²) in [4.78, 5) is 12.3. The molecule has 0 atom stereocenters. The van der Waals surface area contributed by atoms with E-state index in [0.717, 1.165) is 5.56 Å². The third kappa shape index (κ3) is 4.59. The maximum Gasteiger partial charge on any atom is 0.343 e. The number of ether oxygens (including phenoxy) is 2. The van der Waals surface area contributed by atoms with Crippen molar-refractivity contribution in [3.63, 3.8) is 0 Å². The molecule has 0 fully saturated rings. The van der Waals surface area contributed by atoms with Crippen LogP contribution in [0.1, 0.15) is 21.5 Å². The van der Waals surface area contributed by atoms with Crippen molar-refractivity contribution < 1.29 is 14.3 Å². The number of carbonyl (C=O) groups excluding carboxylic acids is 1. The number of hydrogen-bond donors (Lipinski definition) is 0. The van der Waals surface area contributed by atoms with Gasteiger partial charge in [0.1, 0.15) is 11.5 Å². The summed E-state index contributed by atoms with van der Waals surface area (Å²) in [6.45, 7) is 0. The molecule has 0 spiro atoms. The Hall–Kier alpha value is -3.55. The minimum Gasteiger partial charge on any atom is -0.496 e. The molecule has 5 heteroatoms. The second kappa shape index (κ2) is 8.90. The van der Waals surface area contributed by atoms with Crippen LogP contribution < -0.4 is 9.47 Å². The van der Waals surface area contributed by atoms with Crippen molar-refractivity contribution in [3.05, 3.63) is 94.5 Å². The number of esters is 1. The summed E-state index contributed by atoms with van der Waals surface area (Å²) in [6.07, 6.45) is 1.72. The summed E-state index contributed by atoms with van der Waals surface area (Å²) < 4.78 is 10.8. The topological polar surface area (TPSA) is 59.3 Å². The largest absolute Gasteiger partial charge is 0.496 e. The van der Waals surface area contributed by atoms with E-state index < -0.39 is 5.97 Å². The number of methoxy groups -OCH3 is 1. The van der Waals surface area contributed by atoms with Crippen LogP contribution in [-0.2, 0) is 0 Å². The summed E-state index contributed by atoms with van der Waals surface area (Å²) in [6, 6.07) is 23.0. The highest BCUT2D eigenvalue weighted by molar-refractivity contribution is 6.30. The van der Waals surface area contributed by atoms with Crippen molar-refractivity contribution in [1.29, 1.82) is 5.26 Å². The van der Waals surface area contributed by atoms with Gasteiger partial charge in [0.15, 0.2) is 0 Å². The summed E-state index contributed by atoms with van der Waals surface area (Å²) in [7, 11) is 1.56. The van der Waals surface area contributed by atoms with Gasteiger partial charge in [-0.15, -0.1) is 0 Å². The Balaban J connectivity index is 1.87. The molecule has 28 heavy (non-hydrogen) atoms. The number of benzene rings is 3. The van der Waals surface area contributed by atoms with Crippen molar-refractivity contribution in [1.82, 2.24) is 0 Å². The summed E-state index contributed by atoms with van der Waals surface area (Å²) in [5, 5.41) is 10.0. The lowest BCUT2D eigenvalue weighted by Crippen LogP contribution is -2.08. The van der Waals surface area contributed by atoms with Gasteiger partial charge in [-0.2, -0.15) is 5.26 Å². The summed E-state index contributed by atoms with van der Waals surface area (Å²) in [5.74, 6) is 0.476. The van der Waals surface area contributed by atoms with Crippen molar-refractivity contribution in [2.24, 2.45) is 0 Å². The molecule has 0 aromatic heterocycles. The quantitative estimate of drug-likeness (QED) is 0.245. The molecule has 0 saturated heterocycles. The predicted octanol–water partition coefficient (Wildman–Crippen LogP) is 5.63. The maximum absolute atomic E-state index is 12.3. The Kier molecular flexibility index (Phi) is 6.11. The highest BCUT2D eigenvalue weighted by Gasteiger charge is 2.10. The predicted molar refractivity (Wildman–Crippen MR) is 109 cm³/mol. The molecule has 0 aliphatic rings. The molecule has 0 radical (unpaired) electrons. The van der Waals surface area contributed by atoms with Crippen LogP contribution in [0, 0.1) is 11.3 Å². The zero-order chi connectivity index (χ0) is 19.9. The van der Waals surface area contributed by atoms with Gasteiger partial charge in [0, 0.05) is 10.6 Å². The van der Waals surface area contributed by atoms with Crippen LogP contribution in [0.25, 0.3) is 11.6 Å². The van der Waals surface area contributed by atoms with E-state index in [1.165, 1.54) is 0 Å². The molecule has 0 saturated carbocycles. The van der Waals surface area contributed by atoms with Crippen molar-refractivity contribution in [2.45, 2.75) is 0 Å². The molecule has 4 nitrogen and oxygen atoms in total. The summed E-state index contributed by atoms with van der Waals surface area (Å²) in [5.41, 5.74) is 2.21. The lowest BCUT2D eigenvalue weighted by atomic mass is 10.0. The van der Waals surface area contributed by atoms with E-state index >= 15 is 0 Å². The first-order valence-corrected chi connectivity index (χ1v) is 8.81. The van der Waals surface area contributed by atoms with Gasteiger partial charge in [-0.05, 0) is 54.1 Å². The molecule has 0 amide bonds. The number of nitrogens with zero attached hydrogens (tertiary/aromatic N) is 1. The Morgan fingerprint density at radius 3 is 2.57 bits per heavy atom. The van der Waals surface area contributed by atoms with Crippen LogP contribution in [0.2, 0.25) is 5.02 Å². The van der Waals surface area contributed by atoms with E-state index in [-0.39, 0.29) is 0 Å². The standard InChI is InChI=1S/C23H16ClNO3/c1-27-22-11-3-2-10-21(22)18(15-25)12-16-6-4-9-20(13-16)28-23(26)17-7-5-8-19(24)14-17/h2-14H,1H3/b18-12-. The van der Waals surface area contributed by atoms with Gasteiger partial charge in [-0.1, -0.05) is 41.9 Å². The lowest BCUT2D eigenvalue weighted by molar-refractivity contribution is 0.0735. The molecule has 3 aromatic carbocycles. The Morgan fingerprint density at radius 1 is 1.04 bits per heavy atom. The van der Waals surface area contributed by atoms with Crippen molar-refractivity contribution >= 4 is 29.2 Å². The molecular formula is C23H16ClNO3. The van der Waals surface area contributed by atoms with E-state index in [1.54, 1.807) is 61.7 Å². The number of rotatable bonds is 5. The molecule has 0 aliphatic carbocycles. The first-order valence-electron chi connectivity index (χ1n) is 8.43. The summed E-state index contributed by atoms with van der Waals surface area (Å²) >= 11 is 5.92. The normalized spacial score (nSPS) is 10.8. The average molecular weight is 390 g/mol.